The van der Waals surface area contributed by atoms with Gasteiger partial charge in [0, 0.05) is 11.8 Å². The minimum atomic E-state index is -0.397. The number of alkyl halides is 1. The highest BCUT2D eigenvalue weighted by molar-refractivity contribution is 9.09. The van der Waals surface area contributed by atoms with Gasteiger partial charge in [0.05, 0.1) is 18.0 Å². The summed E-state index contributed by atoms with van der Waals surface area (Å²) in [7, 11) is 0. The van der Waals surface area contributed by atoms with Crippen LogP contribution in [0.2, 0.25) is 0 Å². The average molecular weight is 322 g/mol. The molecule has 0 aromatic carbocycles. The fourth-order valence-electron chi connectivity index (χ4n) is 2.13. The van der Waals surface area contributed by atoms with Crippen LogP contribution in [0.3, 0.4) is 0 Å². The molecule has 98 valence electrons. The largest absolute Gasteiger partial charge is 0.461 e. The zero-order valence-corrected chi connectivity index (χ0v) is 12.1. The number of halogens is 1. The van der Waals surface area contributed by atoms with Crippen LogP contribution in [-0.2, 0) is 4.74 Å². The van der Waals surface area contributed by atoms with Gasteiger partial charge in [-0.3, -0.25) is 0 Å². The summed E-state index contributed by atoms with van der Waals surface area (Å²) in [5, 5.41) is 0. The molecule has 1 unspecified atom stereocenters. The molecular weight excluding hydrogens is 310 g/mol. The molecule has 3 aliphatic rings. The van der Waals surface area contributed by atoms with Crippen molar-refractivity contribution in [3.63, 3.8) is 0 Å². The Balaban J connectivity index is 2.13. The summed E-state index contributed by atoms with van der Waals surface area (Å²) in [6.07, 6.45) is 1.92. The van der Waals surface area contributed by atoms with Gasteiger partial charge in [-0.2, -0.15) is 0 Å². The molecule has 0 amide bonds. The van der Waals surface area contributed by atoms with Crippen molar-refractivity contribution in [3.8, 4) is 11.3 Å². The highest BCUT2D eigenvalue weighted by Gasteiger charge is 2.26. The van der Waals surface area contributed by atoms with Gasteiger partial charge in [0.25, 0.3) is 0 Å². The van der Waals surface area contributed by atoms with Gasteiger partial charge in [-0.05, 0) is 26.0 Å². The number of aliphatic imine (C=N–C) groups is 1. The molecule has 0 N–H and O–H groups in total. The molecule has 0 fully saturated rings. The third-order valence-electron chi connectivity index (χ3n) is 3.03. The summed E-state index contributed by atoms with van der Waals surface area (Å²) in [6, 6.07) is 3.62. The van der Waals surface area contributed by atoms with Crippen molar-refractivity contribution in [1.29, 1.82) is 0 Å². The number of ether oxygens (including phenoxy) is 1. The summed E-state index contributed by atoms with van der Waals surface area (Å²) < 4.78 is 6.97. The van der Waals surface area contributed by atoms with Crippen molar-refractivity contribution in [2.24, 2.45) is 4.99 Å². The first-order valence-corrected chi connectivity index (χ1v) is 6.91. The number of carbonyl (C=O) groups is 1. The molecule has 6 heteroatoms. The molecule has 0 spiro atoms. The number of hydrogen-bond acceptors (Lipinski definition) is 4. The molecule has 3 aliphatic heterocycles. The van der Waals surface area contributed by atoms with Crippen molar-refractivity contribution in [3.05, 3.63) is 24.0 Å². The predicted octanol–water partition coefficient (Wildman–Crippen LogP) is 3.16. The van der Waals surface area contributed by atoms with Gasteiger partial charge in [0.2, 0.25) is 0 Å². The number of nitrogens with zero attached hydrogens (tertiary/aromatic N) is 3. The molecule has 0 aliphatic carbocycles. The Bertz CT molecular complexity index is 662. The van der Waals surface area contributed by atoms with Crippen molar-refractivity contribution in [2.45, 2.75) is 18.8 Å². The molecular formula is C13H12BrN3O2. The van der Waals surface area contributed by atoms with Gasteiger partial charge < -0.3 is 9.30 Å². The minimum Gasteiger partial charge on any atom is -0.461 e. The summed E-state index contributed by atoms with van der Waals surface area (Å²) in [5.74, 6) is 0.423. The number of carbonyl (C=O) groups excluding carboxylic acids is 1. The SMILES string of the molecule is CCOC(=O)c1cc2c3n(ccc-2n1)C(Br)C(C)=N3. The van der Waals surface area contributed by atoms with Crippen LogP contribution in [0.15, 0.2) is 23.3 Å². The number of aromatic nitrogens is 2. The lowest BCUT2D eigenvalue weighted by atomic mass is 10.2. The van der Waals surface area contributed by atoms with E-state index in [1.54, 1.807) is 13.0 Å². The lowest BCUT2D eigenvalue weighted by molar-refractivity contribution is 0.0520. The molecule has 0 saturated carbocycles. The molecule has 0 saturated heterocycles. The van der Waals surface area contributed by atoms with Crippen LogP contribution in [-0.4, -0.2) is 27.8 Å². The third-order valence-corrected chi connectivity index (χ3v) is 4.14. The summed E-state index contributed by atoms with van der Waals surface area (Å²) in [6.45, 7) is 4.08. The van der Waals surface area contributed by atoms with E-state index in [2.05, 4.69) is 25.9 Å². The van der Waals surface area contributed by atoms with Crippen LogP contribution in [0.5, 0.6) is 0 Å². The van der Waals surface area contributed by atoms with E-state index in [4.69, 9.17) is 4.74 Å². The van der Waals surface area contributed by atoms with E-state index < -0.39 is 5.97 Å². The van der Waals surface area contributed by atoms with E-state index in [1.165, 1.54) is 0 Å². The van der Waals surface area contributed by atoms with Crippen LogP contribution in [0.1, 0.15) is 29.3 Å². The van der Waals surface area contributed by atoms with Crippen LogP contribution in [0.4, 0.5) is 5.82 Å². The van der Waals surface area contributed by atoms with Gasteiger partial charge in [0.1, 0.15) is 16.5 Å². The normalized spacial score (nSPS) is 17.4. The zero-order chi connectivity index (χ0) is 13.6. The topological polar surface area (TPSA) is 56.5 Å². The smallest absolute Gasteiger partial charge is 0.356 e. The van der Waals surface area contributed by atoms with E-state index in [-0.39, 0.29) is 4.95 Å². The standard InChI is InChI=1S/C13H12BrN3O2/c1-3-19-13(18)10-6-8-9(16-10)4-5-17-11(14)7(2)15-12(8)17/h4-6,11H,3H2,1-2H3. The van der Waals surface area contributed by atoms with Crippen molar-refractivity contribution in [1.82, 2.24) is 9.55 Å². The summed E-state index contributed by atoms with van der Waals surface area (Å²) in [5.41, 5.74) is 2.93. The molecule has 0 aromatic heterocycles. The van der Waals surface area contributed by atoms with Crippen molar-refractivity contribution in [2.75, 3.05) is 6.61 Å². The Morgan fingerprint density at radius 2 is 2.37 bits per heavy atom. The Labute approximate surface area is 118 Å². The van der Waals surface area contributed by atoms with Crippen molar-refractivity contribution < 1.29 is 9.53 Å². The lowest BCUT2D eigenvalue weighted by Gasteiger charge is -2.10. The fourth-order valence-corrected chi connectivity index (χ4v) is 2.56. The average Bonchev–Trinajstić information content (AvgIpc) is 2.93. The van der Waals surface area contributed by atoms with E-state index in [0.717, 1.165) is 22.8 Å². The van der Waals surface area contributed by atoms with E-state index in [0.29, 0.717) is 12.3 Å². The number of rotatable bonds is 2. The Morgan fingerprint density at radius 3 is 3.11 bits per heavy atom. The van der Waals surface area contributed by atoms with E-state index >= 15 is 0 Å². The molecule has 3 rings (SSSR count). The number of hydrogen-bond donors (Lipinski definition) is 0. The first-order valence-electron chi connectivity index (χ1n) is 5.99. The maximum atomic E-state index is 11.7. The second kappa shape index (κ2) is 4.45. The van der Waals surface area contributed by atoms with Gasteiger partial charge >= 0.3 is 5.97 Å². The van der Waals surface area contributed by atoms with Crippen molar-refractivity contribution >= 4 is 33.4 Å². The van der Waals surface area contributed by atoms with Crippen LogP contribution in [0, 0.1) is 0 Å². The number of fused-ring (bicyclic) bond motifs is 3. The van der Waals surface area contributed by atoms with E-state index in [1.807, 2.05) is 23.8 Å². The quantitative estimate of drug-likeness (QED) is 0.630. The van der Waals surface area contributed by atoms with E-state index in [9.17, 15) is 4.79 Å². The van der Waals surface area contributed by atoms with Crippen LogP contribution < -0.4 is 0 Å². The fraction of sp³-hybridized carbons (Fsp3) is 0.308. The van der Waals surface area contributed by atoms with Crippen LogP contribution in [0.25, 0.3) is 11.3 Å². The molecule has 3 heterocycles. The zero-order valence-electron chi connectivity index (χ0n) is 10.6. The molecule has 19 heavy (non-hydrogen) atoms. The van der Waals surface area contributed by atoms with Gasteiger partial charge in [-0.1, -0.05) is 15.9 Å². The highest BCUT2D eigenvalue weighted by Crippen LogP contribution is 2.40. The first kappa shape index (κ1) is 12.3. The number of pyridine rings is 1. The number of esters is 1. The summed E-state index contributed by atoms with van der Waals surface area (Å²) >= 11 is 3.57. The second-order valence-corrected chi connectivity index (χ2v) is 5.16. The lowest BCUT2D eigenvalue weighted by Crippen LogP contribution is -2.04. The Morgan fingerprint density at radius 1 is 1.58 bits per heavy atom. The first-order chi connectivity index (χ1) is 9.11. The predicted molar refractivity (Wildman–Crippen MR) is 75.5 cm³/mol. The molecule has 0 radical (unpaired) electrons. The van der Waals surface area contributed by atoms with Gasteiger partial charge in [0.15, 0.2) is 0 Å². The Hall–Kier alpha value is -1.69. The van der Waals surface area contributed by atoms with Crippen LogP contribution >= 0.6 is 15.9 Å². The maximum absolute atomic E-state index is 11.7. The minimum absolute atomic E-state index is 0.0628. The second-order valence-electron chi connectivity index (χ2n) is 4.30. The van der Waals surface area contributed by atoms with Gasteiger partial charge in [-0.25, -0.2) is 14.8 Å². The monoisotopic (exact) mass is 321 g/mol. The third kappa shape index (κ3) is 1.87. The molecule has 5 nitrogen and oxygen atoms in total. The molecule has 1 atom stereocenters. The molecule has 0 aromatic rings. The summed E-state index contributed by atoms with van der Waals surface area (Å²) in [4.78, 5) is 20.6. The maximum Gasteiger partial charge on any atom is 0.356 e. The Kier molecular flexibility index (Phi) is 2.89. The molecule has 0 bridgehead atoms. The van der Waals surface area contributed by atoms with Gasteiger partial charge in [-0.15, -0.1) is 0 Å². The highest BCUT2D eigenvalue weighted by atomic mass is 79.9.